The van der Waals surface area contributed by atoms with E-state index in [1.54, 1.807) is 45.0 Å². The Kier molecular flexibility index (Phi) is 24.0. The summed E-state index contributed by atoms with van der Waals surface area (Å²) in [5.41, 5.74) is 11.5. The maximum absolute atomic E-state index is 14.2. The fraction of sp³-hybridized carbons (Fsp3) is 0.614. The van der Waals surface area contributed by atoms with Gasteiger partial charge in [-0.05, 0) is 44.1 Å². The fourth-order valence-electron chi connectivity index (χ4n) is 8.01. The number of carboxylic acid groups (broad SMARTS) is 4. The third kappa shape index (κ3) is 21.4. The van der Waals surface area contributed by atoms with Crippen molar-refractivity contribution < 1.29 is 68.4 Å². The van der Waals surface area contributed by atoms with Gasteiger partial charge in [-0.1, -0.05) is 43.2 Å². The van der Waals surface area contributed by atoms with Crippen LogP contribution in [0.2, 0.25) is 0 Å². The molecule has 0 aliphatic carbocycles. The first kappa shape index (κ1) is 55.8. The smallest absolute Gasteiger partial charge is 0.320 e. The topological polar surface area (TPSA) is 374 Å². The molecule has 2 heterocycles. The van der Waals surface area contributed by atoms with Gasteiger partial charge in [-0.15, -0.1) is 0 Å². The molecule has 2 fully saturated rings. The molecule has 376 valence electrons. The highest BCUT2D eigenvalue weighted by atomic mass is 16.4. The molecule has 12 N–H and O–H groups in total. The van der Waals surface area contributed by atoms with Crippen LogP contribution in [0.1, 0.15) is 76.2 Å². The van der Waals surface area contributed by atoms with Crippen molar-refractivity contribution in [3.8, 4) is 0 Å². The van der Waals surface area contributed by atoms with E-state index >= 15 is 0 Å². The number of guanidine groups is 1. The number of nitrogens with two attached hydrogens (primary N) is 2. The number of carboxylic acids is 4. The minimum Gasteiger partial charge on any atom is -0.481 e. The van der Waals surface area contributed by atoms with E-state index in [-0.39, 0.29) is 116 Å². The normalized spacial score (nSPS) is 21.4. The van der Waals surface area contributed by atoms with E-state index in [0.717, 1.165) is 0 Å². The van der Waals surface area contributed by atoms with Crippen LogP contribution in [0.5, 0.6) is 0 Å². The van der Waals surface area contributed by atoms with Gasteiger partial charge in [0.1, 0.15) is 23.9 Å². The number of carbonyl (C=O) groups excluding carboxylic acids is 6. The van der Waals surface area contributed by atoms with Crippen molar-refractivity contribution in [2.75, 3.05) is 65.4 Å². The van der Waals surface area contributed by atoms with E-state index in [1.165, 1.54) is 0 Å². The third-order valence-electron chi connectivity index (χ3n) is 11.6. The van der Waals surface area contributed by atoms with Crippen LogP contribution in [-0.4, -0.2) is 190 Å². The summed E-state index contributed by atoms with van der Waals surface area (Å²) in [5.74, 6) is -10.2. The molecule has 0 bridgehead atoms. The van der Waals surface area contributed by atoms with E-state index in [2.05, 4.69) is 26.3 Å². The summed E-state index contributed by atoms with van der Waals surface area (Å²) in [7, 11) is 0. The quantitative estimate of drug-likeness (QED) is 0.0315. The lowest BCUT2D eigenvalue weighted by molar-refractivity contribution is -0.145. The number of ketones is 2. The van der Waals surface area contributed by atoms with Gasteiger partial charge in [0.25, 0.3) is 0 Å². The number of Topliss-reactive ketones (excluding diaryl/α,β-unsaturated/α-hetero) is 2. The van der Waals surface area contributed by atoms with Gasteiger partial charge >= 0.3 is 23.9 Å². The number of amides is 4. The first-order valence-corrected chi connectivity index (χ1v) is 22.7. The van der Waals surface area contributed by atoms with Gasteiger partial charge in [0, 0.05) is 71.0 Å². The molecule has 2 aliphatic rings. The van der Waals surface area contributed by atoms with Crippen LogP contribution in [0.15, 0.2) is 35.3 Å². The van der Waals surface area contributed by atoms with Crippen LogP contribution < -0.4 is 32.7 Å². The van der Waals surface area contributed by atoms with Crippen molar-refractivity contribution in [3.05, 3.63) is 35.9 Å². The molecule has 1 unspecified atom stereocenters. The Bertz CT molecular complexity index is 1920. The van der Waals surface area contributed by atoms with Gasteiger partial charge in [0.05, 0.1) is 32.1 Å². The summed E-state index contributed by atoms with van der Waals surface area (Å²) in [5, 5.41) is 48.5. The summed E-state index contributed by atoms with van der Waals surface area (Å²) in [6, 6.07) is 3.56. The molecule has 24 nitrogen and oxygen atoms in total. The monoisotopic (exact) mass is 958 g/mol. The zero-order valence-corrected chi connectivity index (χ0v) is 38.1. The molecule has 4 amide bonds. The van der Waals surface area contributed by atoms with Gasteiger partial charge in [-0.25, -0.2) is 0 Å². The van der Waals surface area contributed by atoms with E-state index in [0.29, 0.717) is 24.8 Å². The Morgan fingerprint density at radius 3 is 1.87 bits per heavy atom. The predicted molar refractivity (Wildman–Crippen MR) is 243 cm³/mol. The number of rotatable bonds is 23. The molecule has 2 saturated heterocycles. The summed E-state index contributed by atoms with van der Waals surface area (Å²) < 4.78 is 0. The van der Waals surface area contributed by atoms with Crippen LogP contribution in [-0.2, 0) is 54.4 Å². The number of carbonyl (C=O) groups is 10. The number of hydrogen-bond acceptors (Lipinski definition) is 14. The first-order valence-electron chi connectivity index (χ1n) is 22.7. The second-order valence-electron chi connectivity index (χ2n) is 17.0. The van der Waals surface area contributed by atoms with E-state index in [9.17, 15) is 68.4 Å². The van der Waals surface area contributed by atoms with Crippen LogP contribution in [0.25, 0.3) is 0 Å². The Labute approximate surface area is 393 Å². The highest BCUT2D eigenvalue weighted by Gasteiger charge is 2.34. The van der Waals surface area contributed by atoms with Crippen molar-refractivity contribution in [2.45, 2.75) is 101 Å². The minimum atomic E-state index is -1.61. The predicted octanol–water partition coefficient (Wildman–Crippen LogP) is -2.24. The zero-order valence-electron chi connectivity index (χ0n) is 38.1. The van der Waals surface area contributed by atoms with Crippen molar-refractivity contribution in [2.24, 2.45) is 22.4 Å². The number of aliphatic imine (C=N–C) groups is 1. The van der Waals surface area contributed by atoms with Gasteiger partial charge in [0.15, 0.2) is 11.7 Å². The molecule has 1 aromatic rings. The van der Waals surface area contributed by atoms with Gasteiger partial charge < -0.3 is 53.2 Å². The molecular weight excluding hydrogens is 893 g/mol. The van der Waals surface area contributed by atoms with Gasteiger partial charge in [0.2, 0.25) is 23.6 Å². The molecule has 0 spiro atoms. The van der Waals surface area contributed by atoms with Gasteiger partial charge in [-0.2, -0.15) is 0 Å². The maximum Gasteiger partial charge on any atom is 0.320 e. The molecule has 5 atom stereocenters. The van der Waals surface area contributed by atoms with Gasteiger partial charge in [-0.3, -0.25) is 67.6 Å². The standard InChI is InChI=1S/C44H66N10O14/c45-44(46)47-15-7-12-32-42(66)50-31(35(56)23-29(22-28-8-3-1-4-9-28)40(64)51-33(24-37(58)59)41(65)48-25-36(57)49-32)11-6-2-5-10-30(55)13-14-34(43(67)68)54-20-18-52(26-38(60)61)16-17-53(19-21-54)27-39(62)63/h1,3-4,8-9,29,31-34H,2,5-7,10-27H2,(H,48,65)(H,49,57)(H,50,66)(H,51,64)(H,58,59)(H,60,61)(H,62,63)(H,67,68)(H4,45,46,47)/t29-,31-,32-,33-,34?/m1/s1. The number of aliphatic carboxylic acids is 4. The third-order valence-corrected chi connectivity index (χ3v) is 11.6. The van der Waals surface area contributed by atoms with Crippen LogP contribution in [0.3, 0.4) is 0 Å². The number of benzene rings is 1. The average molecular weight is 959 g/mol. The van der Waals surface area contributed by atoms with Crippen LogP contribution >= 0.6 is 0 Å². The molecule has 0 saturated carbocycles. The van der Waals surface area contributed by atoms with Crippen LogP contribution in [0.4, 0.5) is 0 Å². The number of hydrogen-bond donors (Lipinski definition) is 10. The number of nitrogens with zero attached hydrogens (tertiary/aromatic N) is 4. The fourth-order valence-corrected chi connectivity index (χ4v) is 8.01. The molecule has 24 heteroatoms. The summed E-state index contributed by atoms with van der Waals surface area (Å²) >= 11 is 0. The lowest BCUT2D eigenvalue weighted by Gasteiger charge is -2.30. The SMILES string of the molecule is NC(N)=NCCC[C@H]1NC(=O)CNC(=O)[C@@H](CC(=O)O)NC(=O)[C@H](Cc2ccccc2)CC(=O)[C@@H](CCCCCC(=O)CCC(C(=O)O)N2CCN(CC(=O)O)CCN(CC(=O)O)CC2)NC1=O. The van der Waals surface area contributed by atoms with Crippen molar-refractivity contribution >= 4 is 65.0 Å². The molecule has 3 rings (SSSR count). The molecule has 0 radical (unpaired) electrons. The second-order valence-corrected chi connectivity index (χ2v) is 17.0. The van der Waals surface area contributed by atoms with Crippen molar-refractivity contribution in [1.82, 2.24) is 36.0 Å². The maximum atomic E-state index is 14.2. The summed E-state index contributed by atoms with van der Waals surface area (Å²) in [6.45, 7) is 0.152. The molecule has 1 aromatic carbocycles. The minimum absolute atomic E-state index is 0.0104. The molecule has 0 aromatic heterocycles. The summed E-state index contributed by atoms with van der Waals surface area (Å²) in [4.78, 5) is 137. The average Bonchev–Trinajstić information content (AvgIpc) is 3.35. The Morgan fingerprint density at radius 1 is 0.676 bits per heavy atom. The highest BCUT2D eigenvalue weighted by molar-refractivity contribution is 5.98. The van der Waals surface area contributed by atoms with Crippen molar-refractivity contribution in [1.29, 1.82) is 0 Å². The number of unbranched alkanes of at least 4 members (excludes halogenated alkanes) is 2. The molecule has 2 aliphatic heterocycles. The van der Waals surface area contributed by atoms with E-state index in [1.807, 2.05) is 0 Å². The zero-order chi connectivity index (χ0) is 50.2. The van der Waals surface area contributed by atoms with E-state index in [4.69, 9.17) is 11.5 Å². The van der Waals surface area contributed by atoms with Crippen molar-refractivity contribution in [3.63, 3.8) is 0 Å². The number of nitrogens with one attached hydrogen (secondary N) is 4. The first-order chi connectivity index (χ1) is 32.3. The lowest BCUT2D eigenvalue weighted by atomic mass is 9.89. The lowest BCUT2D eigenvalue weighted by Crippen LogP contribution is -2.54. The second kappa shape index (κ2) is 29.3. The summed E-state index contributed by atoms with van der Waals surface area (Å²) in [6.07, 6.45) is 0.0477. The molecular formula is C44H66N10O14. The Balaban J connectivity index is 1.76. The Morgan fingerprint density at radius 2 is 1.28 bits per heavy atom. The highest BCUT2D eigenvalue weighted by Crippen LogP contribution is 2.19. The Hall–Kier alpha value is -6.53. The van der Waals surface area contributed by atoms with E-state index < -0.39 is 103 Å². The van der Waals surface area contributed by atoms with Crippen LogP contribution in [0, 0.1) is 5.92 Å². The largest absolute Gasteiger partial charge is 0.481 e. The molecule has 68 heavy (non-hydrogen) atoms.